The number of carbonyl (C=O) groups is 1. The number of carbonyl (C=O) groups excluding carboxylic acids is 1. The Kier molecular flexibility index (Phi) is 6.06. The molecule has 2 aromatic heterocycles. The Hall–Kier alpha value is -3.15. The number of hydrogen-bond acceptors (Lipinski definition) is 9. The molecule has 0 aliphatic carbocycles. The van der Waals surface area contributed by atoms with Gasteiger partial charge >= 0.3 is 0 Å². The Morgan fingerprint density at radius 2 is 1.92 bits per heavy atom. The van der Waals surface area contributed by atoms with E-state index in [1.807, 2.05) is 35.9 Å². The first kappa shape index (κ1) is 23.3. The lowest BCUT2D eigenvalue weighted by atomic mass is 10.0. The number of likely N-dealkylation sites (N-methyl/N-ethyl adjacent to an activating group) is 1. The van der Waals surface area contributed by atoms with Gasteiger partial charge in [0.2, 0.25) is 11.8 Å². The number of rotatable bonds is 5. The summed E-state index contributed by atoms with van der Waals surface area (Å²) in [5, 5.41) is 4.89. The molecule has 5 heterocycles. The van der Waals surface area contributed by atoms with Crippen LogP contribution in [0.15, 0.2) is 28.8 Å². The van der Waals surface area contributed by atoms with Gasteiger partial charge in [-0.2, -0.15) is 4.98 Å². The number of aromatic nitrogens is 4. The molecule has 3 aromatic rings. The highest BCUT2D eigenvalue weighted by atomic mass is 35.5. The van der Waals surface area contributed by atoms with Crippen LogP contribution < -0.4 is 10.3 Å². The minimum atomic E-state index is -0.106. The summed E-state index contributed by atoms with van der Waals surface area (Å²) in [4.78, 5) is 28.8. The molecule has 0 unspecified atom stereocenters. The third-order valence-electron chi connectivity index (χ3n) is 7.14. The van der Waals surface area contributed by atoms with Gasteiger partial charge in [-0.15, -0.1) is 0 Å². The van der Waals surface area contributed by atoms with Gasteiger partial charge in [0, 0.05) is 37.1 Å². The maximum Gasteiger partial charge on any atom is 0.276 e. The zero-order valence-electron chi connectivity index (χ0n) is 20.4. The predicted molar refractivity (Wildman–Crippen MR) is 133 cm³/mol. The molecule has 11 nitrogen and oxygen atoms in total. The molecule has 2 saturated heterocycles. The van der Waals surface area contributed by atoms with E-state index in [0.29, 0.717) is 41.4 Å². The van der Waals surface area contributed by atoms with Gasteiger partial charge in [0.05, 0.1) is 18.4 Å². The molecule has 0 bridgehead atoms. The van der Waals surface area contributed by atoms with Gasteiger partial charge in [0.25, 0.3) is 5.91 Å². The van der Waals surface area contributed by atoms with Crippen molar-refractivity contribution in [2.75, 3.05) is 56.8 Å². The zero-order valence-corrected chi connectivity index (χ0v) is 21.1. The maximum absolute atomic E-state index is 13.4. The smallest absolute Gasteiger partial charge is 0.276 e. The van der Waals surface area contributed by atoms with Gasteiger partial charge in [-0.1, -0.05) is 28.9 Å². The number of imidazole rings is 1. The lowest BCUT2D eigenvalue weighted by Crippen LogP contribution is -2.48. The largest absolute Gasteiger partial charge is 0.373 e. The van der Waals surface area contributed by atoms with Crippen molar-refractivity contribution in [1.82, 2.24) is 29.6 Å². The second-order valence-corrected chi connectivity index (χ2v) is 10.1. The molecule has 36 heavy (non-hydrogen) atoms. The predicted octanol–water partition coefficient (Wildman–Crippen LogP) is 2.38. The lowest BCUT2D eigenvalue weighted by molar-refractivity contribution is 0.0696. The second-order valence-electron chi connectivity index (χ2n) is 9.64. The van der Waals surface area contributed by atoms with Crippen LogP contribution in [0.1, 0.15) is 51.9 Å². The summed E-state index contributed by atoms with van der Waals surface area (Å²) >= 11 is 6.00. The van der Waals surface area contributed by atoms with Gasteiger partial charge in [-0.25, -0.2) is 9.66 Å². The third kappa shape index (κ3) is 4.31. The fraction of sp³-hybridized carbons (Fsp3) is 0.500. The summed E-state index contributed by atoms with van der Waals surface area (Å²) in [5.41, 5.74) is 5.67. The number of halogens is 1. The molecule has 1 amide bonds. The van der Waals surface area contributed by atoms with Crippen molar-refractivity contribution in [2.45, 2.75) is 31.9 Å². The summed E-state index contributed by atoms with van der Waals surface area (Å²) < 4.78 is 13.3. The number of nitrogens with one attached hydrogen (secondary N) is 1. The summed E-state index contributed by atoms with van der Waals surface area (Å²) in [5.74, 6) is 1.73. The van der Waals surface area contributed by atoms with Gasteiger partial charge in [-0.05, 0) is 38.1 Å². The topological polar surface area (TPSA) is 105 Å². The van der Waals surface area contributed by atoms with Crippen LogP contribution in [0, 0.1) is 6.92 Å². The molecule has 2 fully saturated rings. The quantitative estimate of drug-likeness (QED) is 0.551. The van der Waals surface area contributed by atoms with E-state index < -0.39 is 0 Å². The highest BCUT2D eigenvalue weighted by Crippen LogP contribution is 2.37. The highest BCUT2D eigenvalue weighted by Gasteiger charge is 2.34. The van der Waals surface area contributed by atoms with Crippen LogP contribution in [-0.2, 0) is 11.3 Å². The highest BCUT2D eigenvalue weighted by molar-refractivity contribution is 6.30. The van der Waals surface area contributed by atoms with E-state index in [-0.39, 0.29) is 24.5 Å². The number of hydrogen-bond donors (Lipinski definition) is 1. The molecular formula is C24H29ClN8O3. The number of nitrogens with zero attached hydrogens (tertiary/aromatic N) is 7. The Bertz CT molecular complexity index is 1250. The van der Waals surface area contributed by atoms with Crippen LogP contribution >= 0.6 is 11.6 Å². The molecule has 0 spiro atoms. The maximum atomic E-state index is 13.4. The Morgan fingerprint density at radius 3 is 2.69 bits per heavy atom. The molecule has 12 heteroatoms. The number of ether oxygens (including phenoxy) is 1. The van der Waals surface area contributed by atoms with Crippen LogP contribution in [0.2, 0.25) is 5.02 Å². The first-order chi connectivity index (χ1) is 17.5. The fourth-order valence-electron chi connectivity index (χ4n) is 5.02. The van der Waals surface area contributed by atoms with Crippen molar-refractivity contribution in [3.05, 3.63) is 58.0 Å². The molecule has 6 rings (SSSR count). The van der Waals surface area contributed by atoms with Crippen molar-refractivity contribution in [1.29, 1.82) is 0 Å². The molecule has 1 aromatic carbocycles. The van der Waals surface area contributed by atoms with Crippen molar-refractivity contribution in [2.24, 2.45) is 0 Å². The van der Waals surface area contributed by atoms with Crippen molar-refractivity contribution >= 4 is 23.5 Å². The number of anilines is 1. The summed E-state index contributed by atoms with van der Waals surface area (Å²) in [6, 6.07) is 7.69. The van der Waals surface area contributed by atoms with E-state index >= 15 is 0 Å². The first-order valence-electron chi connectivity index (χ1n) is 12.2. The average Bonchev–Trinajstić information content (AvgIpc) is 3.61. The van der Waals surface area contributed by atoms with E-state index in [2.05, 4.69) is 32.4 Å². The van der Waals surface area contributed by atoms with Crippen molar-refractivity contribution in [3.63, 3.8) is 0 Å². The summed E-state index contributed by atoms with van der Waals surface area (Å²) in [7, 11) is 2.12. The molecule has 3 aliphatic heterocycles. The molecular weight excluding hydrogens is 484 g/mol. The van der Waals surface area contributed by atoms with Crippen LogP contribution in [0.5, 0.6) is 0 Å². The van der Waals surface area contributed by atoms with Gasteiger partial charge in [0.15, 0.2) is 11.5 Å². The Morgan fingerprint density at radius 1 is 1.14 bits per heavy atom. The minimum Gasteiger partial charge on any atom is -0.373 e. The van der Waals surface area contributed by atoms with Crippen LogP contribution in [0.3, 0.4) is 0 Å². The SMILES string of the molecule is Cc1nc(N2CCN(C)CC2)n2c1C(=O)N(Cc1nc([C@@H]3CO[C@@H](c4ccc(Cl)cc4)C3)no1)CN2. The molecule has 190 valence electrons. The van der Waals surface area contributed by atoms with E-state index in [1.165, 1.54) is 0 Å². The van der Waals surface area contributed by atoms with Crippen LogP contribution in [0.4, 0.5) is 5.95 Å². The van der Waals surface area contributed by atoms with E-state index in [0.717, 1.165) is 44.1 Å². The van der Waals surface area contributed by atoms with E-state index in [9.17, 15) is 4.79 Å². The number of benzene rings is 1. The molecule has 1 N–H and O–H groups in total. The standard InChI is InChI=1S/C24H29ClN8O3/c1-15-21-23(34)32(14-26-33(21)24(27-15)31-9-7-30(2)8-10-31)12-20-28-22(29-36-20)17-11-19(35-13-17)16-3-5-18(25)6-4-16/h3-6,17,19,26H,7-14H2,1-2H3/t17-,19+/m0/s1. The van der Waals surface area contributed by atoms with E-state index in [4.69, 9.17) is 25.8 Å². The molecule has 0 radical (unpaired) electrons. The molecule has 3 aliphatic rings. The first-order valence-corrected chi connectivity index (χ1v) is 12.6. The number of aryl methyl sites for hydroxylation is 1. The van der Waals surface area contributed by atoms with Crippen LogP contribution in [0.25, 0.3) is 0 Å². The van der Waals surface area contributed by atoms with Gasteiger partial charge < -0.3 is 29.4 Å². The molecule has 2 atom stereocenters. The lowest BCUT2D eigenvalue weighted by Gasteiger charge is -2.35. The minimum absolute atomic E-state index is 0.0279. The van der Waals surface area contributed by atoms with Crippen molar-refractivity contribution < 1.29 is 14.1 Å². The number of amides is 1. The second kappa shape index (κ2) is 9.38. The zero-order chi connectivity index (χ0) is 24.8. The Labute approximate surface area is 213 Å². The summed E-state index contributed by atoms with van der Waals surface area (Å²) in [6.07, 6.45) is 0.734. The van der Waals surface area contributed by atoms with Crippen LogP contribution in [-0.4, -0.2) is 82.0 Å². The average molecular weight is 513 g/mol. The van der Waals surface area contributed by atoms with E-state index in [1.54, 1.807) is 4.90 Å². The summed E-state index contributed by atoms with van der Waals surface area (Å²) in [6.45, 7) is 6.62. The van der Waals surface area contributed by atoms with Gasteiger partial charge in [-0.3, -0.25) is 4.79 Å². The van der Waals surface area contributed by atoms with Gasteiger partial charge in [0.1, 0.15) is 13.2 Å². The molecule has 0 saturated carbocycles. The fourth-order valence-corrected chi connectivity index (χ4v) is 5.14. The Balaban J connectivity index is 1.12. The normalized spacial score (nSPS) is 22.7. The number of piperazine rings is 1. The van der Waals surface area contributed by atoms with Crippen molar-refractivity contribution in [3.8, 4) is 0 Å². The number of fused-ring (bicyclic) bond motifs is 1. The monoisotopic (exact) mass is 512 g/mol. The third-order valence-corrected chi connectivity index (χ3v) is 7.40.